The highest BCUT2D eigenvalue weighted by Gasteiger charge is 2.73. The summed E-state index contributed by atoms with van der Waals surface area (Å²) in [7, 11) is 0. The Kier molecular flexibility index (Phi) is 4.81. The van der Waals surface area contributed by atoms with Crippen LogP contribution in [0.3, 0.4) is 0 Å². The molecule has 0 aliphatic rings. The summed E-state index contributed by atoms with van der Waals surface area (Å²) in [6, 6.07) is 4.00. The van der Waals surface area contributed by atoms with Crippen LogP contribution in [0.15, 0.2) is 29.2 Å². The molecule has 0 heterocycles. The lowest BCUT2D eigenvalue weighted by atomic mass is 10.3. The molecule has 1 aromatic carbocycles. The van der Waals surface area contributed by atoms with Crippen molar-refractivity contribution in [3.63, 3.8) is 0 Å². The average molecular weight is 335 g/mol. The molecular weight excluding hydrogens is 327 g/mol. The minimum absolute atomic E-state index is 0.192. The normalized spacial score (nSPS) is 13.1. The molecule has 0 atom stereocenters. The Balaban J connectivity index is 2.92. The molecule has 0 unspecified atom stereocenters. The molecule has 0 spiro atoms. The fourth-order valence-electron chi connectivity index (χ4n) is 1.19. The van der Waals surface area contributed by atoms with E-state index < -0.39 is 39.9 Å². The van der Waals surface area contributed by atoms with Gasteiger partial charge in [0.1, 0.15) is 0 Å². The summed E-state index contributed by atoms with van der Waals surface area (Å²) in [5.41, 5.74) is 0.192. The summed E-state index contributed by atoms with van der Waals surface area (Å²) in [5.74, 6) is -6.62. The summed E-state index contributed by atoms with van der Waals surface area (Å²) in [6.45, 7) is 1.18. The molecular formula is C11H8F7NOS. The first-order chi connectivity index (χ1) is 9.37. The van der Waals surface area contributed by atoms with E-state index in [2.05, 4.69) is 5.32 Å². The third-order valence-electron chi connectivity index (χ3n) is 2.14. The van der Waals surface area contributed by atoms with Crippen LogP contribution in [0.5, 0.6) is 0 Å². The molecule has 2 nitrogen and oxygen atoms in total. The van der Waals surface area contributed by atoms with Gasteiger partial charge in [0.2, 0.25) is 5.91 Å². The highest BCUT2D eigenvalue weighted by Crippen LogP contribution is 2.53. The Hall–Kier alpha value is -1.45. The monoisotopic (exact) mass is 335 g/mol. The molecule has 1 amide bonds. The second-order valence-corrected chi connectivity index (χ2v) is 5.08. The van der Waals surface area contributed by atoms with E-state index >= 15 is 0 Å². The zero-order chi connectivity index (χ0) is 16.5. The van der Waals surface area contributed by atoms with Crippen molar-refractivity contribution in [3.8, 4) is 0 Å². The van der Waals surface area contributed by atoms with E-state index in [0.717, 1.165) is 24.3 Å². The van der Waals surface area contributed by atoms with Crippen LogP contribution in [-0.4, -0.2) is 23.3 Å². The van der Waals surface area contributed by atoms with Crippen LogP contribution in [0.25, 0.3) is 0 Å². The van der Waals surface area contributed by atoms with Gasteiger partial charge < -0.3 is 5.32 Å². The number of hydrogen-bond acceptors (Lipinski definition) is 2. The Bertz CT molecular complexity index is 512. The molecule has 1 N–H and O–H groups in total. The zero-order valence-electron chi connectivity index (χ0n) is 10.3. The lowest BCUT2D eigenvalue weighted by Gasteiger charge is -2.27. The highest BCUT2D eigenvalue weighted by atomic mass is 32.2. The summed E-state index contributed by atoms with van der Waals surface area (Å²) >= 11 is -0.909. The number of nitrogens with one attached hydrogen (secondary N) is 1. The first kappa shape index (κ1) is 17.6. The average Bonchev–Trinajstić information content (AvgIpc) is 2.29. The van der Waals surface area contributed by atoms with Gasteiger partial charge in [-0.1, -0.05) is 0 Å². The second-order valence-electron chi connectivity index (χ2n) is 3.90. The molecule has 1 aromatic rings. The lowest BCUT2D eigenvalue weighted by molar-refractivity contribution is -0.330. The summed E-state index contributed by atoms with van der Waals surface area (Å²) in [6.07, 6.45) is -6.36. The van der Waals surface area contributed by atoms with Gasteiger partial charge in [-0.15, -0.1) is 0 Å². The third-order valence-corrected chi connectivity index (χ3v) is 3.16. The van der Waals surface area contributed by atoms with E-state index in [1.165, 1.54) is 6.92 Å². The Morgan fingerprint density at radius 3 is 1.86 bits per heavy atom. The first-order valence-corrected chi connectivity index (χ1v) is 6.07. The second kappa shape index (κ2) is 5.74. The number of amides is 1. The van der Waals surface area contributed by atoms with Crippen LogP contribution >= 0.6 is 11.8 Å². The maximum Gasteiger partial charge on any atom is 0.460 e. The standard InChI is InChI=1S/C11H8F7NOS/c1-6(20)19-7-2-4-8(5-3-7)21-11(17,18)9(12,13)10(14,15)16/h2-5H,1H3,(H,19,20). The van der Waals surface area contributed by atoms with Crippen molar-refractivity contribution in [1.82, 2.24) is 0 Å². The molecule has 0 aliphatic carbocycles. The maximum absolute atomic E-state index is 13.1. The van der Waals surface area contributed by atoms with E-state index in [1.807, 2.05) is 0 Å². The highest BCUT2D eigenvalue weighted by molar-refractivity contribution is 8.00. The fourth-order valence-corrected chi connectivity index (χ4v) is 2.00. The van der Waals surface area contributed by atoms with Gasteiger partial charge in [0.15, 0.2) is 0 Å². The predicted octanol–water partition coefficient (Wildman–Crippen LogP) is 4.53. The number of halogens is 7. The third kappa shape index (κ3) is 4.02. The van der Waals surface area contributed by atoms with Crippen LogP contribution in [0.4, 0.5) is 36.4 Å². The topological polar surface area (TPSA) is 29.1 Å². The SMILES string of the molecule is CC(=O)Nc1ccc(SC(F)(F)C(F)(F)C(F)(F)F)cc1. The molecule has 1 rings (SSSR count). The molecule has 0 aliphatic heterocycles. The van der Waals surface area contributed by atoms with Gasteiger partial charge in [0.05, 0.1) is 0 Å². The molecule has 0 radical (unpaired) electrons. The number of benzene rings is 1. The van der Waals surface area contributed by atoms with Crippen molar-refractivity contribution in [2.24, 2.45) is 0 Å². The van der Waals surface area contributed by atoms with Crippen LogP contribution in [0.1, 0.15) is 6.92 Å². The van der Waals surface area contributed by atoms with Gasteiger partial charge in [-0.25, -0.2) is 0 Å². The predicted molar refractivity (Wildman–Crippen MR) is 62.6 cm³/mol. The lowest BCUT2D eigenvalue weighted by Crippen LogP contribution is -2.49. The fraction of sp³-hybridized carbons (Fsp3) is 0.364. The van der Waals surface area contributed by atoms with E-state index in [9.17, 15) is 35.5 Å². The van der Waals surface area contributed by atoms with E-state index in [0.29, 0.717) is 0 Å². The van der Waals surface area contributed by atoms with Gasteiger partial charge in [-0.05, 0) is 36.0 Å². The van der Waals surface area contributed by atoms with Crippen molar-refractivity contribution in [2.75, 3.05) is 5.32 Å². The molecule has 0 fully saturated rings. The van der Waals surface area contributed by atoms with E-state index in [-0.39, 0.29) is 5.69 Å². The molecule has 21 heavy (non-hydrogen) atoms. The number of carbonyl (C=O) groups is 1. The van der Waals surface area contributed by atoms with Crippen LogP contribution in [0, 0.1) is 0 Å². The number of carbonyl (C=O) groups excluding carboxylic acids is 1. The van der Waals surface area contributed by atoms with Crippen molar-refractivity contribution >= 4 is 23.4 Å². The molecule has 10 heteroatoms. The van der Waals surface area contributed by atoms with Crippen molar-refractivity contribution in [1.29, 1.82) is 0 Å². The number of alkyl halides is 7. The van der Waals surface area contributed by atoms with Gasteiger partial charge >= 0.3 is 17.4 Å². The Morgan fingerprint density at radius 1 is 1.00 bits per heavy atom. The quantitative estimate of drug-likeness (QED) is 0.647. The molecule has 0 saturated heterocycles. The van der Waals surface area contributed by atoms with Crippen LogP contribution in [0.2, 0.25) is 0 Å². The maximum atomic E-state index is 13.1. The number of thioether (sulfide) groups is 1. The number of rotatable bonds is 4. The van der Waals surface area contributed by atoms with Crippen LogP contribution in [-0.2, 0) is 4.79 Å². The first-order valence-electron chi connectivity index (χ1n) is 5.26. The number of hydrogen-bond donors (Lipinski definition) is 1. The van der Waals surface area contributed by atoms with E-state index in [1.54, 1.807) is 0 Å². The largest absolute Gasteiger partial charge is 0.460 e. The Labute approximate surface area is 118 Å². The summed E-state index contributed by atoms with van der Waals surface area (Å²) in [5, 5.41) is -3.07. The summed E-state index contributed by atoms with van der Waals surface area (Å²) in [4.78, 5) is 10.2. The van der Waals surface area contributed by atoms with Crippen LogP contribution < -0.4 is 5.32 Å². The smallest absolute Gasteiger partial charge is 0.326 e. The van der Waals surface area contributed by atoms with Crippen molar-refractivity contribution in [2.45, 2.75) is 29.2 Å². The van der Waals surface area contributed by atoms with Crippen molar-refractivity contribution in [3.05, 3.63) is 24.3 Å². The molecule has 0 saturated carbocycles. The minimum Gasteiger partial charge on any atom is -0.326 e. The van der Waals surface area contributed by atoms with Gasteiger partial charge in [-0.3, -0.25) is 4.79 Å². The molecule has 0 bridgehead atoms. The van der Waals surface area contributed by atoms with Crippen molar-refractivity contribution < 1.29 is 35.5 Å². The zero-order valence-corrected chi connectivity index (χ0v) is 11.1. The summed E-state index contributed by atoms with van der Waals surface area (Å²) < 4.78 is 87.5. The molecule has 0 aromatic heterocycles. The Morgan fingerprint density at radius 2 is 1.48 bits per heavy atom. The minimum atomic E-state index is -6.36. The van der Waals surface area contributed by atoms with Gasteiger partial charge in [-0.2, -0.15) is 30.7 Å². The van der Waals surface area contributed by atoms with Gasteiger partial charge in [0, 0.05) is 17.5 Å². The van der Waals surface area contributed by atoms with E-state index in [4.69, 9.17) is 0 Å². The van der Waals surface area contributed by atoms with Gasteiger partial charge in [0.25, 0.3) is 0 Å². The number of anilines is 1. The molecule has 118 valence electrons.